The Balaban J connectivity index is 1.52. The van der Waals surface area contributed by atoms with Crippen molar-refractivity contribution in [3.8, 4) is 11.6 Å². The lowest BCUT2D eigenvalue weighted by Crippen LogP contribution is -2.32. The molecule has 2 amide bonds. The minimum atomic E-state index is -0.327. The fourth-order valence-electron chi connectivity index (χ4n) is 3.88. The lowest BCUT2D eigenvalue weighted by Gasteiger charge is -2.24. The first kappa shape index (κ1) is 22.2. The quantitative estimate of drug-likeness (QED) is 0.617. The molecule has 1 aliphatic rings. The van der Waals surface area contributed by atoms with Crippen LogP contribution in [-0.4, -0.2) is 52.4 Å². The van der Waals surface area contributed by atoms with E-state index in [1.807, 2.05) is 12.1 Å². The van der Waals surface area contributed by atoms with Crippen molar-refractivity contribution >= 4 is 17.5 Å². The van der Waals surface area contributed by atoms with Crippen LogP contribution < -0.4 is 14.8 Å². The summed E-state index contributed by atoms with van der Waals surface area (Å²) < 4.78 is 10.4. The standard InChI is InChI=1S/C24H25N5O4/c1-15-17(23(30)28-18-7-4-5-9-20(18)32-2)14-26-22(27-15)19-8-6-12-29(19)24(31)16-10-11-21(33-3)25-13-16/h4-5,7,9-11,13-14,19H,6,8,12H2,1-3H3,(H,28,30)/t19-/m1/s1. The van der Waals surface area contributed by atoms with Crippen molar-refractivity contribution in [3.05, 3.63) is 71.4 Å². The maximum absolute atomic E-state index is 13.1. The summed E-state index contributed by atoms with van der Waals surface area (Å²) in [6, 6.07) is 10.3. The number of para-hydroxylation sites is 2. The highest BCUT2D eigenvalue weighted by molar-refractivity contribution is 6.05. The number of amides is 2. The normalized spacial score (nSPS) is 15.2. The van der Waals surface area contributed by atoms with Crippen molar-refractivity contribution in [2.75, 3.05) is 26.1 Å². The molecule has 4 rings (SSSR count). The van der Waals surface area contributed by atoms with Crippen LogP contribution in [0.15, 0.2) is 48.8 Å². The van der Waals surface area contributed by atoms with Crippen LogP contribution in [0.5, 0.6) is 11.6 Å². The average Bonchev–Trinajstić information content (AvgIpc) is 3.34. The monoisotopic (exact) mass is 447 g/mol. The molecule has 3 aromatic rings. The van der Waals surface area contributed by atoms with Crippen molar-refractivity contribution in [1.82, 2.24) is 19.9 Å². The van der Waals surface area contributed by atoms with Crippen LogP contribution in [0.1, 0.15) is 51.1 Å². The second-order valence-corrected chi connectivity index (χ2v) is 7.63. The van der Waals surface area contributed by atoms with E-state index in [1.165, 1.54) is 19.5 Å². The highest BCUT2D eigenvalue weighted by atomic mass is 16.5. The zero-order valence-corrected chi connectivity index (χ0v) is 18.7. The number of ether oxygens (including phenoxy) is 2. The molecular weight excluding hydrogens is 422 g/mol. The van der Waals surface area contributed by atoms with Gasteiger partial charge in [0.1, 0.15) is 5.75 Å². The summed E-state index contributed by atoms with van der Waals surface area (Å²) in [5.74, 6) is 1.08. The Bertz CT molecular complexity index is 1170. The molecule has 170 valence electrons. The first-order valence-electron chi connectivity index (χ1n) is 10.6. The number of benzene rings is 1. The van der Waals surface area contributed by atoms with Gasteiger partial charge in [-0.2, -0.15) is 0 Å². The molecule has 0 radical (unpaired) electrons. The van der Waals surface area contributed by atoms with Crippen LogP contribution in [-0.2, 0) is 0 Å². The highest BCUT2D eigenvalue weighted by Gasteiger charge is 2.33. The number of aromatic nitrogens is 3. The van der Waals surface area contributed by atoms with Crippen molar-refractivity contribution < 1.29 is 19.1 Å². The van der Waals surface area contributed by atoms with Gasteiger partial charge in [0.05, 0.1) is 42.8 Å². The third-order valence-corrected chi connectivity index (χ3v) is 5.60. The number of carbonyl (C=O) groups is 2. The van der Waals surface area contributed by atoms with Gasteiger partial charge in [0.25, 0.3) is 11.8 Å². The van der Waals surface area contributed by atoms with E-state index in [0.29, 0.717) is 46.5 Å². The van der Waals surface area contributed by atoms with E-state index in [9.17, 15) is 9.59 Å². The van der Waals surface area contributed by atoms with Gasteiger partial charge in [-0.05, 0) is 38.0 Å². The fourth-order valence-corrected chi connectivity index (χ4v) is 3.88. The Morgan fingerprint density at radius 2 is 1.88 bits per heavy atom. The summed E-state index contributed by atoms with van der Waals surface area (Å²) in [5, 5.41) is 2.84. The van der Waals surface area contributed by atoms with Crippen molar-refractivity contribution in [2.24, 2.45) is 0 Å². The molecule has 1 N–H and O–H groups in total. The predicted molar refractivity (Wildman–Crippen MR) is 122 cm³/mol. The Hall–Kier alpha value is -4.01. The van der Waals surface area contributed by atoms with Gasteiger partial charge in [0, 0.05) is 25.0 Å². The number of carbonyl (C=O) groups excluding carboxylic acids is 2. The molecule has 3 heterocycles. The Morgan fingerprint density at radius 3 is 2.58 bits per heavy atom. The van der Waals surface area contributed by atoms with E-state index in [4.69, 9.17) is 9.47 Å². The SMILES string of the molecule is COc1ccc(C(=O)N2CCC[C@@H]2c2ncc(C(=O)Nc3ccccc3OC)c(C)n2)cn1. The third kappa shape index (κ3) is 4.62. The summed E-state index contributed by atoms with van der Waals surface area (Å²) >= 11 is 0. The second-order valence-electron chi connectivity index (χ2n) is 7.63. The number of nitrogens with one attached hydrogen (secondary N) is 1. The van der Waals surface area contributed by atoms with Crippen molar-refractivity contribution in [2.45, 2.75) is 25.8 Å². The van der Waals surface area contributed by atoms with Gasteiger partial charge in [-0.15, -0.1) is 0 Å². The van der Waals surface area contributed by atoms with E-state index < -0.39 is 0 Å². The van der Waals surface area contributed by atoms with E-state index >= 15 is 0 Å². The molecule has 0 unspecified atom stereocenters. The summed E-state index contributed by atoms with van der Waals surface area (Å²) in [6.07, 6.45) is 4.62. The van der Waals surface area contributed by atoms with Crippen molar-refractivity contribution in [1.29, 1.82) is 0 Å². The van der Waals surface area contributed by atoms with Crippen LogP contribution >= 0.6 is 0 Å². The van der Waals surface area contributed by atoms with Crippen LogP contribution in [0.3, 0.4) is 0 Å². The van der Waals surface area contributed by atoms with Gasteiger partial charge in [-0.1, -0.05) is 12.1 Å². The largest absolute Gasteiger partial charge is 0.495 e. The first-order valence-corrected chi connectivity index (χ1v) is 10.6. The molecule has 1 atom stereocenters. The van der Waals surface area contributed by atoms with Gasteiger partial charge in [0.15, 0.2) is 5.82 Å². The Morgan fingerprint density at radius 1 is 1.06 bits per heavy atom. The summed E-state index contributed by atoms with van der Waals surface area (Å²) in [7, 11) is 3.07. The lowest BCUT2D eigenvalue weighted by atomic mass is 10.1. The second kappa shape index (κ2) is 9.64. The van der Waals surface area contributed by atoms with Gasteiger partial charge in [-0.25, -0.2) is 15.0 Å². The van der Waals surface area contributed by atoms with Crippen LogP contribution in [0.25, 0.3) is 0 Å². The molecule has 1 aliphatic heterocycles. The van der Waals surface area contributed by atoms with Crippen molar-refractivity contribution in [3.63, 3.8) is 0 Å². The summed E-state index contributed by atoms with van der Waals surface area (Å²) in [4.78, 5) is 40.8. The maximum atomic E-state index is 13.1. The minimum Gasteiger partial charge on any atom is -0.495 e. The number of hydrogen-bond acceptors (Lipinski definition) is 7. The Labute approximate surface area is 191 Å². The zero-order valence-electron chi connectivity index (χ0n) is 18.7. The van der Waals surface area contributed by atoms with Gasteiger partial charge < -0.3 is 19.7 Å². The van der Waals surface area contributed by atoms with Crippen LogP contribution in [0.4, 0.5) is 5.69 Å². The van der Waals surface area contributed by atoms with Gasteiger partial charge in [0.2, 0.25) is 5.88 Å². The Kier molecular flexibility index (Phi) is 6.48. The third-order valence-electron chi connectivity index (χ3n) is 5.60. The molecular formula is C24H25N5O4. The predicted octanol–water partition coefficient (Wildman–Crippen LogP) is 3.43. The summed E-state index contributed by atoms with van der Waals surface area (Å²) in [6.45, 7) is 2.37. The molecule has 9 nitrogen and oxygen atoms in total. The number of anilines is 1. The van der Waals surface area contributed by atoms with Gasteiger partial charge >= 0.3 is 0 Å². The average molecular weight is 447 g/mol. The lowest BCUT2D eigenvalue weighted by molar-refractivity contribution is 0.0728. The number of aryl methyl sites for hydroxylation is 1. The fraction of sp³-hybridized carbons (Fsp3) is 0.292. The smallest absolute Gasteiger partial charge is 0.259 e. The van der Waals surface area contributed by atoms with E-state index in [-0.39, 0.29) is 17.9 Å². The van der Waals surface area contributed by atoms with E-state index in [1.54, 1.807) is 43.2 Å². The number of pyridine rings is 1. The molecule has 1 fully saturated rings. The molecule has 0 bridgehead atoms. The molecule has 1 aromatic carbocycles. The number of rotatable bonds is 6. The number of nitrogens with zero attached hydrogens (tertiary/aromatic N) is 4. The maximum Gasteiger partial charge on any atom is 0.259 e. The first-order chi connectivity index (χ1) is 16.0. The summed E-state index contributed by atoms with van der Waals surface area (Å²) in [5.41, 5.74) is 1.94. The molecule has 1 saturated heterocycles. The zero-order chi connectivity index (χ0) is 23.4. The van der Waals surface area contributed by atoms with Gasteiger partial charge in [-0.3, -0.25) is 9.59 Å². The van der Waals surface area contributed by atoms with E-state index in [2.05, 4.69) is 20.3 Å². The molecule has 33 heavy (non-hydrogen) atoms. The van der Waals surface area contributed by atoms with E-state index in [0.717, 1.165) is 12.8 Å². The minimum absolute atomic E-state index is 0.133. The van der Waals surface area contributed by atoms with Crippen LogP contribution in [0.2, 0.25) is 0 Å². The number of hydrogen-bond donors (Lipinski definition) is 1. The molecule has 0 spiro atoms. The molecule has 9 heteroatoms. The topological polar surface area (TPSA) is 107 Å². The molecule has 2 aromatic heterocycles. The molecule has 0 aliphatic carbocycles. The number of methoxy groups -OCH3 is 2. The number of likely N-dealkylation sites (tertiary alicyclic amines) is 1. The van der Waals surface area contributed by atoms with Crippen LogP contribution in [0, 0.1) is 6.92 Å². The highest BCUT2D eigenvalue weighted by Crippen LogP contribution is 2.32. The molecule has 0 saturated carbocycles.